The number of aliphatic hydroxyl groups excluding tert-OH is 2. The second-order valence-electron chi connectivity index (χ2n) is 7.68. The van der Waals surface area contributed by atoms with Crippen LogP contribution < -0.4 is 4.74 Å². The van der Waals surface area contributed by atoms with Gasteiger partial charge in [0.15, 0.2) is 0 Å². The number of ether oxygens (including phenoxy) is 1. The van der Waals surface area contributed by atoms with Crippen LogP contribution in [-0.2, 0) is 19.5 Å². The second-order valence-corrected chi connectivity index (χ2v) is 7.68. The Labute approximate surface area is 168 Å². The molecule has 0 spiro atoms. The van der Waals surface area contributed by atoms with Gasteiger partial charge in [0, 0.05) is 39.3 Å². The minimum atomic E-state index is -0.505. The summed E-state index contributed by atoms with van der Waals surface area (Å²) < 4.78 is 5.78. The first-order valence-electron chi connectivity index (χ1n) is 10.1. The Kier molecular flexibility index (Phi) is 7.86. The van der Waals surface area contributed by atoms with E-state index in [0.717, 1.165) is 44.8 Å². The Balaban J connectivity index is 1.40. The van der Waals surface area contributed by atoms with E-state index >= 15 is 0 Å². The summed E-state index contributed by atoms with van der Waals surface area (Å²) in [6.45, 7) is 4.75. The van der Waals surface area contributed by atoms with E-state index in [1.165, 1.54) is 16.7 Å². The van der Waals surface area contributed by atoms with Crippen molar-refractivity contribution in [3.8, 4) is 5.75 Å². The molecular formula is C23H32N2O3. The number of hydrogen-bond acceptors (Lipinski definition) is 5. The van der Waals surface area contributed by atoms with E-state index in [2.05, 4.69) is 53.2 Å². The van der Waals surface area contributed by atoms with E-state index in [-0.39, 0.29) is 6.61 Å². The largest absolute Gasteiger partial charge is 0.491 e. The topological polar surface area (TPSA) is 56.2 Å². The van der Waals surface area contributed by atoms with E-state index in [9.17, 15) is 5.11 Å². The third-order valence-corrected chi connectivity index (χ3v) is 5.19. The van der Waals surface area contributed by atoms with Crippen molar-refractivity contribution in [1.29, 1.82) is 0 Å². The fourth-order valence-electron chi connectivity index (χ4n) is 3.68. The van der Waals surface area contributed by atoms with Gasteiger partial charge < -0.3 is 19.8 Å². The monoisotopic (exact) mass is 384 g/mol. The maximum atomic E-state index is 10.4. The molecule has 152 valence electrons. The molecule has 5 heteroatoms. The molecule has 3 rings (SSSR count). The Morgan fingerprint density at radius 2 is 1.86 bits per heavy atom. The summed E-state index contributed by atoms with van der Waals surface area (Å²) in [4.78, 5) is 4.48. The van der Waals surface area contributed by atoms with Gasteiger partial charge in [0.2, 0.25) is 0 Å². The Morgan fingerprint density at radius 3 is 2.61 bits per heavy atom. The lowest BCUT2D eigenvalue weighted by atomic mass is 10.00. The average Bonchev–Trinajstić information content (AvgIpc) is 2.71. The molecule has 0 radical (unpaired) electrons. The summed E-state index contributed by atoms with van der Waals surface area (Å²) in [5, 5.41) is 19.3. The molecule has 1 heterocycles. The lowest BCUT2D eigenvalue weighted by molar-refractivity contribution is 0.0638. The number of β-amino-alcohol motifs (C(OH)–C–C–N with tert-alkyl or cyclic N) is 1. The Morgan fingerprint density at radius 1 is 1.11 bits per heavy atom. The first-order chi connectivity index (χ1) is 13.6. The molecule has 2 aromatic rings. The molecule has 1 aliphatic rings. The van der Waals surface area contributed by atoms with Gasteiger partial charge in [-0.2, -0.15) is 0 Å². The molecule has 1 aliphatic heterocycles. The number of nitrogens with zero attached hydrogens (tertiary/aromatic N) is 2. The van der Waals surface area contributed by atoms with Gasteiger partial charge in [-0.3, -0.25) is 4.90 Å². The minimum Gasteiger partial charge on any atom is -0.491 e. The number of hydrogen-bond donors (Lipinski definition) is 2. The van der Waals surface area contributed by atoms with Crippen molar-refractivity contribution in [2.45, 2.75) is 32.0 Å². The van der Waals surface area contributed by atoms with Gasteiger partial charge in [0.05, 0.1) is 0 Å². The predicted molar refractivity (Wildman–Crippen MR) is 111 cm³/mol. The summed E-state index contributed by atoms with van der Waals surface area (Å²) in [5.74, 6) is 0.782. The van der Waals surface area contributed by atoms with Crippen molar-refractivity contribution in [2.75, 3.05) is 39.9 Å². The van der Waals surface area contributed by atoms with Crippen LogP contribution in [0.5, 0.6) is 5.75 Å². The van der Waals surface area contributed by atoms with Gasteiger partial charge >= 0.3 is 0 Å². The summed E-state index contributed by atoms with van der Waals surface area (Å²) in [5.41, 5.74) is 3.99. The van der Waals surface area contributed by atoms with Crippen LogP contribution in [-0.4, -0.2) is 66.0 Å². The van der Waals surface area contributed by atoms with E-state index in [4.69, 9.17) is 9.84 Å². The van der Waals surface area contributed by atoms with Gasteiger partial charge in [-0.05, 0) is 48.7 Å². The van der Waals surface area contributed by atoms with Gasteiger partial charge in [-0.25, -0.2) is 0 Å². The van der Waals surface area contributed by atoms with Crippen molar-refractivity contribution >= 4 is 0 Å². The maximum Gasteiger partial charge on any atom is 0.119 e. The summed E-state index contributed by atoms with van der Waals surface area (Å²) in [7, 11) is 2.05. The molecule has 28 heavy (non-hydrogen) atoms. The van der Waals surface area contributed by atoms with E-state index in [1.807, 2.05) is 12.1 Å². The van der Waals surface area contributed by atoms with Crippen molar-refractivity contribution in [3.05, 3.63) is 65.2 Å². The molecule has 0 saturated heterocycles. The van der Waals surface area contributed by atoms with Crippen LogP contribution in [0.4, 0.5) is 0 Å². The molecule has 2 aromatic carbocycles. The van der Waals surface area contributed by atoms with E-state index in [1.54, 1.807) is 0 Å². The molecule has 1 atom stereocenters. The molecular weight excluding hydrogens is 352 g/mol. The molecule has 0 amide bonds. The van der Waals surface area contributed by atoms with E-state index < -0.39 is 6.10 Å². The predicted octanol–water partition coefficient (Wildman–Crippen LogP) is 2.30. The molecule has 0 aromatic heterocycles. The normalized spacial score (nSPS) is 15.4. The molecule has 0 bridgehead atoms. The average molecular weight is 385 g/mol. The smallest absolute Gasteiger partial charge is 0.119 e. The third kappa shape index (κ3) is 6.31. The van der Waals surface area contributed by atoms with Crippen LogP contribution in [0.3, 0.4) is 0 Å². The van der Waals surface area contributed by atoms with Gasteiger partial charge in [-0.15, -0.1) is 0 Å². The second kappa shape index (κ2) is 10.6. The highest BCUT2D eigenvalue weighted by molar-refractivity contribution is 5.29. The first kappa shape index (κ1) is 20.8. The van der Waals surface area contributed by atoms with E-state index in [0.29, 0.717) is 13.2 Å². The molecule has 2 N–H and O–H groups in total. The number of rotatable bonds is 10. The van der Waals surface area contributed by atoms with Crippen LogP contribution in [0.2, 0.25) is 0 Å². The highest BCUT2D eigenvalue weighted by Gasteiger charge is 2.18. The standard InChI is InChI=1S/C23H32N2O3/c1-24(12-4-14-26)15-19-7-9-23(10-8-19)28-18-22(27)17-25-13-11-20-5-2-3-6-21(20)16-25/h2-3,5-10,22,26-27H,4,11-18H2,1H3/t22-/m0/s1. The molecule has 0 aliphatic carbocycles. The SMILES string of the molecule is CN(CCCO)Cc1ccc(OC[C@@H](O)CN2CCc3ccccc3C2)cc1. The molecule has 0 saturated carbocycles. The van der Waals surface area contributed by atoms with Gasteiger partial charge in [0.25, 0.3) is 0 Å². The highest BCUT2D eigenvalue weighted by atomic mass is 16.5. The van der Waals surface area contributed by atoms with Crippen LogP contribution in [0.1, 0.15) is 23.1 Å². The zero-order valence-corrected chi connectivity index (χ0v) is 16.8. The summed E-state index contributed by atoms with van der Waals surface area (Å²) >= 11 is 0. The van der Waals surface area contributed by atoms with Crippen LogP contribution in [0, 0.1) is 0 Å². The Bertz CT molecular complexity index is 720. The number of aliphatic hydroxyl groups is 2. The van der Waals surface area contributed by atoms with Crippen molar-refractivity contribution in [3.63, 3.8) is 0 Å². The Hall–Kier alpha value is -1.92. The van der Waals surface area contributed by atoms with Crippen molar-refractivity contribution in [1.82, 2.24) is 9.80 Å². The van der Waals surface area contributed by atoms with Crippen molar-refractivity contribution in [2.24, 2.45) is 0 Å². The fourth-order valence-corrected chi connectivity index (χ4v) is 3.68. The zero-order valence-electron chi connectivity index (χ0n) is 16.8. The summed E-state index contributed by atoms with van der Waals surface area (Å²) in [6.07, 6.45) is 1.32. The van der Waals surface area contributed by atoms with Crippen molar-refractivity contribution < 1.29 is 14.9 Å². The number of benzene rings is 2. The lowest BCUT2D eigenvalue weighted by Gasteiger charge is -2.30. The number of fused-ring (bicyclic) bond motifs is 1. The van der Waals surface area contributed by atoms with Crippen LogP contribution in [0.15, 0.2) is 48.5 Å². The van der Waals surface area contributed by atoms with Crippen LogP contribution >= 0.6 is 0 Å². The molecule has 0 fully saturated rings. The zero-order chi connectivity index (χ0) is 19.8. The maximum absolute atomic E-state index is 10.4. The fraction of sp³-hybridized carbons (Fsp3) is 0.478. The molecule has 5 nitrogen and oxygen atoms in total. The minimum absolute atomic E-state index is 0.226. The summed E-state index contributed by atoms with van der Waals surface area (Å²) in [6, 6.07) is 16.6. The first-order valence-corrected chi connectivity index (χ1v) is 10.1. The van der Waals surface area contributed by atoms with Gasteiger partial charge in [0.1, 0.15) is 18.5 Å². The van der Waals surface area contributed by atoms with Crippen LogP contribution in [0.25, 0.3) is 0 Å². The van der Waals surface area contributed by atoms with Gasteiger partial charge in [-0.1, -0.05) is 36.4 Å². The third-order valence-electron chi connectivity index (χ3n) is 5.19. The quantitative estimate of drug-likeness (QED) is 0.658. The molecule has 0 unspecified atom stereocenters. The highest BCUT2D eigenvalue weighted by Crippen LogP contribution is 2.19. The lowest BCUT2D eigenvalue weighted by Crippen LogP contribution is -2.38.